The number of alkyl carbamates (subject to hydrolysis) is 1. The highest BCUT2D eigenvalue weighted by Crippen LogP contribution is 2.17. The van der Waals surface area contributed by atoms with Crippen LogP contribution in [0.5, 0.6) is 0 Å². The molecule has 1 heterocycles. The molecule has 0 unspecified atom stereocenters. The average Bonchev–Trinajstić information content (AvgIpc) is 2.27. The topological polar surface area (TPSA) is 64.6 Å². The van der Waals surface area contributed by atoms with Crippen molar-refractivity contribution >= 4 is 11.9 Å². The maximum atomic E-state index is 11.9. The molecule has 5 heteroatoms. The van der Waals surface area contributed by atoms with Gasteiger partial charge in [-0.2, -0.15) is 0 Å². The van der Waals surface area contributed by atoms with Crippen LogP contribution in [-0.4, -0.2) is 37.2 Å². The maximum Gasteiger partial charge on any atom is 0.407 e. The average molecular weight is 257 g/mol. The van der Waals surface area contributed by atoms with Crippen molar-refractivity contribution < 1.29 is 19.1 Å². The summed E-state index contributed by atoms with van der Waals surface area (Å²) in [5.74, 6) is -0.00794. The molecule has 0 aromatic heterocycles. The third-order valence-corrected chi connectivity index (χ3v) is 2.91. The number of carbonyl (C=O) groups is 2. The molecule has 0 radical (unpaired) electrons. The Morgan fingerprint density at radius 3 is 2.33 bits per heavy atom. The quantitative estimate of drug-likeness (QED) is 0.838. The summed E-state index contributed by atoms with van der Waals surface area (Å²) in [4.78, 5) is 23.5. The Labute approximate surface area is 108 Å². The zero-order valence-electron chi connectivity index (χ0n) is 11.6. The van der Waals surface area contributed by atoms with Crippen molar-refractivity contribution in [3.05, 3.63) is 0 Å². The number of carbonyl (C=O) groups excluding carboxylic acids is 2. The van der Waals surface area contributed by atoms with E-state index in [-0.39, 0.29) is 11.9 Å². The van der Waals surface area contributed by atoms with Gasteiger partial charge in [0.05, 0.1) is 19.3 Å². The van der Waals surface area contributed by atoms with Gasteiger partial charge < -0.3 is 14.8 Å². The molecule has 5 nitrogen and oxygen atoms in total. The van der Waals surface area contributed by atoms with E-state index in [1.54, 1.807) is 6.92 Å². The van der Waals surface area contributed by atoms with Crippen molar-refractivity contribution in [3.8, 4) is 0 Å². The second-order valence-electron chi connectivity index (χ2n) is 5.70. The normalized spacial score (nSPS) is 19.1. The maximum absolute atomic E-state index is 11.9. The first-order chi connectivity index (χ1) is 8.30. The van der Waals surface area contributed by atoms with Gasteiger partial charge in [-0.15, -0.1) is 0 Å². The molecule has 0 saturated carbocycles. The molecule has 1 aliphatic rings. The van der Waals surface area contributed by atoms with Gasteiger partial charge in [-0.1, -0.05) is 20.8 Å². The molecule has 18 heavy (non-hydrogen) atoms. The Kier molecular flexibility index (Phi) is 5.14. The highest BCUT2D eigenvalue weighted by Gasteiger charge is 2.28. The molecule has 1 N–H and O–H groups in total. The minimum absolute atomic E-state index is 0.00794. The summed E-state index contributed by atoms with van der Waals surface area (Å²) < 4.78 is 10.4. The van der Waals surface area contributed by atoms with Gasteiger partial charge >= 0.3 is 6.09 Å². The van der Waals surface area contributed by atoms with Gasteiger partial charge in [0.25, 0.3) is 0 Å². The van der Waals surface area contributed by atoms with Gasteiger partial charge in [0.1, 0.15) is 6.10 Å². The van der Waals surface area contributed by atoms with E-state index in [0.29, 0.717) is 13.2 Å². The Morgan fingerprint density at radius 1 is 1.28 bits per heavy atom. The molecule has 1 atom stereocenters. The van der Waals surface area contributed by atoms with Crippen LogP contribution >= 0.6 is 0 Å². The SMILES string of the molecule is C[C@H](NC(=O)OC1CCOCC1)C(=O)C(C)(C)C. The molecule has 0 aromatic carbocycles. The second kappa shape index (κ2) is 6.18. The fourth-order valence-corrected chi connectivity index (χ4v) is 1.87. The number of amides is 1. The third kappa shape index (κ3) is 4.64. The molecule has 104 valence electrons. The molecule has 0 aliphatic carbocycles. The highest BCUT2D eigenvalue weighted by atomic mass is 16.6. The zero-order chi connectivity index (χ0) is 13.8. The number of rotatable bonds is 3. The van der Waals surface area contributed by atoms with E-state index in [0.717, 1.165) is 12.8 Å². The lowest BCUT2D eigenvalue weighted by Crippen LogP contribution is -2.45. The molecule has 1 saturated heterocycles. The van der Waals surface area contributed by atoms with Crippen LogP contribution in [0.15, 0.2) is 0 Å². The summed E-state index contributed by atoms with van der Waals surface area (Å²) in [6.07, 6.45) is 0.812. The standard InChI is InChI=1S/C13H23NO4/c1-9(11(15)13(2,3)4)14-12(16)18-10-5-7-17-8-6-10/h9-10H,5-8H2,1-4H3,(H,14,16)/t9-/m0/s1. The Hall–Kier alpha value is -1.10. The van der Waals surface area contributed by atoms with Gasteiger partial charge in [0, 0.05) is 18.3 Å². The van der Waals surface area contributed by atoms with Crippen molar-refractivity contribution in [2.45, 2.75) is 52.7 Å². The summed E-state index contributed by atoms with van der Waals surface area (Å²) in [6.45, 7) is 8.41. The van der Waals surface area contributed by atoms with E-state index in [9.17, 15) is 9.59 Å². The van der Waals surface area contributed by atoms with Crippen molar-refractivity contribution in [2.75, 3.05) is 13.2 Å². The molecule has 0 bridgehead atoms. The minimum atomic E-state index is -0.530. The predicted octanol–water partition coefficient (Wildman–Crippen LogP) is 1.90. The number of ether oxygens (including phenoxy) is 2. The first kappa shape index (κ1) is 15.0. The van der Waals surface area contributed by atoms with E-state index in [1.807, 2.05) is 20.8 Å². The number of hydrogen-bond acceptors (Lipinski definition) is 4. The van der Waals surface area contributed by atoms with Gasteiger partial charge in [0.2, 0.25) is 0 Å². The van der Waals surface area contributed by atoms with Crippen LogP contribution in [0, 0.1) is 5.41 Å². The summed E-state index contributed by atoms with van der Waals surface area (Å²) in [7, 11) is 0. The van der Waals surface area contributed by atoms with E-state index in [1.165, 1.54) is 0 Å². The lowest BCUT2D eigenvalue weighted by Gasteiger charge is -2.25. The number of Topliss-reactive ketones (excluding diaryl/α,β-unsaturated/α-hetero) is 1. The summed E-state index contributed by atoms with van der Waals surface area (Å²) in [5.41, 5.74) is -0.467. The Balaban J connectivity index is 2.37. The van der Waals surface area contributed by atoms with Crippen molar-refractivity contribution in [1.29, 1.82) is 0 Å². The third-order valence-electron chi connectivity index (χ3n) is 2.91. The molecular weight excluding hydrogens is 234 g/mol. The minimum Gasteiger partial charge on any atom is -0.446 e. The summed E-state index contributed by atoms with van der Waals surface area (Å²) in [5, 5.41) is 2.58. The van der Waals surface area contributed by atoms with Crippen LogP contribution in [0.25, 0.3) is 0 Å². The number of nitrogens with one attached hydrogen (secondary N) is 1. The van der Waals surface area contributed by atoms with Crippen LogP contribution in [0.1, 0.15) is 40.5 Å². The van der Waals surface area contributed by atoms with Gasteiger partial charge in [-0.25, -0.2) is 4.79 Å². The fraction of sp³-hybridized carbons (Fsp3) is 0.846. The van der Waals surface area contributed by atoms with Crippen molar-refractivity contribution in [3.63, 3.8) is 0 Å². The smallest absolute Gasteiger partial charge is 0.407 e. The molecule has 1 aliphatic heterocycles. The molecule has 1 fully saturated rings. The van der Waals surface area contributed by atoms with Crippen molar-refractivity contribution in [1.82, 2.24) is 5.32 Å². The first-order valence-electron chi connectivity index (χ1n) is 6.40. The van der Waals surface area contributed by atoms with Gasteiger partial charge in [-0.3, -0.25) is 4.79 Å². The second-order valence-corrected chi connectivity index (χ2v) is 5.70. The van der Waals surface area contributed by atoms with Crippen LogP contribution in [0.2, 0.25) is 0 Å². The lowest BCUT2D eigenvalue weighted by atomic mass is 9.87. The molecular formula is C13H23NO4. The largest absolute Gasteiger partial charge is 0.446 e. The van der Waals surface area contributed by atoms with Crippen molar-refractivity contribution in [2.24, 2.45) is 5.41 Å². The lowest BCUT2D eigenvalue weighted by molar-refractivity contribution is -0.128. The van der Waals surface area contributed by atoms with Crippen LogP contribution < -0.4 is 5.32 Å². The summed E-state index contributed by atoms with van der Waals surface area (Å²) >= 11 is 0. The van der Waals surface area contributed by atoms with Crippen LogP contribution in [0.3, 0.4) is 0 Å². The molecule has 0 aromatic rings. The van der Waals surface area contributed by atoms with Crippen LogP contribution in [0.4, 0.5) is 4.79 Å². The number of ketones is 1. The monoisotopic (exact) mass is 257 g/mol. The Morgan fingerprint density at radius 2 is 1.83 bits per heavy atom. The van der Waals surface area contributed by atoms with E-state index in [4.69, 9.17) is 9.47 Å². The van der Waals surface area contributed by atoms with Gasteiger partial charge in [0.15, 0.2) is 5.78 Å². The highest BCUT2D eigenvalue weighted by molar-refractivity contribution is 5.90. The molecule has 1 rings (SSSR count). The fourth-order valence-electron chi connectivity index (χ4n) is 1.87. The zero-order valence-corrected chi connectivity index (χ0v) is 11.6. The summed E-state index contributed by atoms with van der Waals surface area (Å²) in [6, 6.07) is -0.530. The van der Waals surface area contributed by atoms with E-state index < -0.39 is 17.6 Å². The van der Waals surface area contributed by atoms with E-state index in [2.05, 4.69) is 5.32 Å². The predicted molar refractivity (Wildman–Crippen MR) is 67.4 cm³/mol. The molecule has 1 amide bonds. The Bertz CT molecular complexity index is 303. The number of hydrogen-bond donors (Lipinski definition) is 1. The molecule has 0 spiro atoms. The first-order valence-corrected chi connectivity index (χ1v) is 6.40. The van der Waals surface area contributed by atoms with Crippen LogP contribution in [-0.2, 0) is 14.3 Å². The van der Waals surface area contributed by atoms with Gasteiger partial charge in [-0.05, 0) is 6.92 Å². The van der Waals surface area contributed by atoms with E-state index >= 15 is 0 Å².